The van der Waals surface area contributed by atoms with Crippen molar-refractivity contribution in [1.29, 1.82) is 0 Å². The number of nitrogens with zero attached hydrogens (tertiary/aromatic N) is 1. The predicted octanol–water partition coefficient (Wildman–Crippen LogP) is 2.00. The maximum Gasteiger partial charge on any atom is 0.325 e. The lowest BCUT2D eigenvalue weighted by molar-refractivity contribution is -0.149. The molecule has 2 N–H and O–H groups in total. The second-order valence-corrected chi connectivity index (χ2v) is 4.86. The first-order valence-corrected chi connectivity index (χ1v) is 7.34. The summed E-state index contributed by atoms with van der Waals surface area (Å²) in [6.07, 6.45) is 1.83. The van der Waals surface area contributed by atoms with Crippen LogP contribution >= 0.6 is 0 Å². The first-order chi connectivity index (χ1) is 10.1. The van der Waals surface area contributed by atoms with Crippen molar-refractivity contribution < 1.29 is 14.3 Å². The molecule has 0 heterocycles. The number of hydrogen-bond donors (Lipinski definition) is 1. The van der Waals surface area contributed by atoms with Gasteiger partial charge < -0.3 is 15.4 Å². The number of anilines is 1. The second-order valence-electron chi connectivity index (χ2n) is 4.86. The van der Waals surface area contributed by atoms with Crippen LogP contribution in [-0.4, -0.2) is 36.5 Å². The van der Waals surface area contributed by atoms with E-state index >= 15 is 0 Å². The quantitative estimate of drug-likeness (QED) is 0.587. The van der Waals surface area contributed by atoms with E-state index in [-0.39, 0.29) is 18.4 Å². The van der Waals surface area contributed by atoms with Crippen LogP contribution in [0.3, 0.4) is 0 Å². The second kappa shape index (κ2) is 9.00. The predicted molar refractivity (Wildman–Crippen MR) is 82.7 cm³/mol. The number of ether oxygens (including phenoxy) is 1. The zero-order valence-electron chi connectivity index (χ0n) is 12.8. The van der Waals surface area contributed by atoms with Crippen molar-refractivity contribution in [1.82, 2.24) is 4.90 Å². The highest BCUT2D eigenvalue weighted by Crippen LogP contribution is 2.09. The third-order valence-corrected chi connectivity index (χ3v) is 3.08. The minimum Gasteiger partial charge on any atom is -0.465 e. The van der Waals surface area contributed by atoms with Gasteiger partial charge in [-0.3, -0.25) is 9.59 Å². The average molecular weight is 292 g/mol. The highest BCUT2D eigenvalue weighted by atomic mass is 16.5. The van der Waals surface area contributed by atoms with E-state index in [9.17, 15) is 9.59 Å². The van der Waals surface area contributed by atoms with Crippen LogP contribution in [0.25, 0.3) is 0 Å². The summed E-state index contributed by atoms with van der Waals surface area (Å²) in [6.45, 7) is 4.66. The first-order valence-electron chi connectivity index (χ1n) is 7.34. The molecule has 0 saturated carbocycles. The lowest BCUT2D eigenvalue weighted by Crippen LogP contribution is -2.37. The summed E-state index contributed by atoms with van der Waals surface area (Å²) in [4.78, 5) is 25.3. The summed E-state index contributed by atoms with van der Waals surface area (Å²) in [5, 5.41) is 0. The van der Waals surface area contributed by atoms with Crippen molar-refractivity contribution in [3.63, 3.8) is 0 Å². The Bertz CT molecular complexity index is 457. The molecule has 0 atom stereocenters. The van der Waals surface area contributed by atoms with E-state index in [1.165, 1.54) is 0 Å². The van der Waals surface area contributed by atoms with E-state index in [1.54, 1.807) is 11.8 Å². The minimum absolute atomic E-state index is 0.0262. The Kier molecular flexibility index (Phi) is 7.29. The van der Waals surface area contributed by atoms with Crippen LogP contribution in [0.15, 0.2) is 24.3 Å². The summed E-state index contributed by atoms with van der Waals surface area (Å²) in [5.74, 6) is -0.381. The van der Waals surface area contributed by atoms with Crippen LogP contribution in [0.5, 0.6) is 0 Å². The molecule has 1 aromatic carbocycles. The number of nitrogens with two attached hydrogens (primary N) is 1. The fourth-order valence-corrected chi connectivity index (χ4v) is 2.02. The highest BCUT2D eigenvalue weighted by Gasteiger charge is 2.16. The molecule has 1 aromatic rings. The van der Waals surface area contributed by atoms with E-state index in [4.69, 9.17) is 10.5 Å². The number of hydrogen-bond acceptors (Lipinski definition) is 4. The third kappa shape index (κ3) is 6.29. The standard InChI is InChI=1S/C16H24N2O3/c1-3-11-18(12-16(20)21-4-2)15(19)10-7-13-5-8-14(17)9-6-13/h5-6,8-9H,3-4,7,10-12,17H2,1-2H3. The maximum absolute atomic E-state index is 12.2. The summed E-state index contributed by atoms with van der Waals surface area (Å²) < 4.78 is 4.90. The van der Waals surface area contributed by atoms with Crippen LogP contribution in [0.4, 0.5) is 5.69 Å². The number of benzene rings is 1. The largest absolute Gasteiger partial charge is 0.465 e. The van der Waals surface area contributed by atoms with Crippen LogP contribution < -0.4 is 5.73 Å². The van der Waals surface area contributed by atoms with Gasteiger partial charge in [0.2, 0.25) is 5.91 Å². The molecule has 1 rings (SSSR count). The Morgan fingerprint density at radius 1 is 1.19 bits per heavy atom. The van der Waals surface area contributed by atoms with Gasteiger partial charge in [-0.05, 0) is 37.5 Å². The molecule has 0 aliphatic rings. The Hall–Kier alpha value is -2.04. The number of esters is 1. The van der Waals surface area contributed by atoms with Crippen molar-refractivity contribution in [2.24, 2.45) is 0 Å². The molecule has 0 fully saturated rings. The van der Waals surface area contributed by atoms with E-state index in [1.807, 2.05) is 31.2 Å². The van der Waals surface area contributed by atoms with Crippen molar-refractivity contribution in [2.45, 2.75) is 33.1 Å². The molecule has 0 unspecified atom stereocenters. The molecule has 0 bridgehead atoms. The molecule has 0 aliphatic carbocycles. The van der Waals surface area contributed by atoms with E-state index in [0.29, 0.717) is 31.7 Å². The number of amides is 1. The highest BCUT2D eigenvalue weighted by molar-refractivity contribution is 5.82. The molecule has 21 heavy (non-hydrogen) atoms. The monoisotopic (exact) mass is 292 g/mol. The molecule has 0 saturated heterocycles. The third-order valence-electron chi connectivity index (χ3n) is 3.08. The summed E-state index contributed by atoms with van der Waals surface area (Å²) in [7, 11) is 0. The molecule has 0 aromatic heterocycles. The number of nitrogen functional groups attached to an aromatic ring is 1. The van der Waals surface area contributed by atoms with Crippen molar-refractivity contribution in [3.05, 3.63) is 29.8 Å². The van der Waals surface area contributed by atoms with Crippen molar-refractivity contribution in [3.8, 4) is 0 Å². The fourth-order valence-electron chi connectivity index (χ4n) is 2.02. The average Bonchev–Trinajstić information content (AvgIpc) is 2.46. The number of rotatable bonds is 8. The van der Waals surface area contributed by atoms with Gasteiger partial charge in [0.1, 0.15) is 6.54 Å². The molecule has 116 valence electrons. The fraction of sp³-hybridized carbons (Fsp3) is 0.500. The molecular weight excluding hydrogens is 268 g/mol. The molecule has 5 heteroatoms. The smallest absolute Gasteiger partial charge is 0.325 e. The molecule has 1 amide bonds. The summed E-state index contributed by atoms with van der Waals surface area (Å²) in [6, 6.07) is 7.47. The Labute approximate surface area is 126 Å². The van der Waals surface area contributed by atoms with Gasteiger partial charge >= 0.3 is 5.97 Å². The van der Waals surface area contributed by atoms with Gasteiger partial charge in [0.05, 0.1) is 6.61 Å². The molecule has 0 spiro atoms. The van der Waals surface area contributed by atoms with Crippen LogP contribution in [0.2, 0.25) is 0 Å². The Balaban J connectivity index is 2.51. The Morgan fingerprint density at radius 2 is 1.86 bits per heavy atom. The molecular formula is C16H24N2O3. The van der Waals surface area contributed by atoms with Crippen LogP contribution in [0, 0.1) is 0 Å². The van der Waals surface area contributed by atoms with Gasteiger partial charge in [0.25, 0.3) is 0 Å². The van der Waals surface area contributed by atoms with Gasteiger partial charge in [-0.25, -0.2) is 0 Å². The summed E-state index contributed by atoms with van der Waals surface area (Å²) >= 11 is 0. The normalized spacial score (nSPS) is 10.2. The first kappa shape index (κ1) is 17.0. The molecule has 0 aliphatic heterocycles. The van der Waals surface area contributed by atoms with E-state index in [2.05, 4.69) is 0 Å². The van der Waals surface area contributed by atoms with Gasteiger partial charge in [0, 0.05) is 18.7 Å². The summed E-state index contributed by atoms with van der Waals surface area (Å²) in [5.41, 5.74) is 7.40. The SMILES string of the molecule is CCCN(CC(=O)OCC)C(=O)CCc1ccc(N)cc1. The Morgan fingerprint density at radius 3 is 2.43 bits per heavy atom. The number of aryl methyl sites for hydroxylation is 1. The van der Waals surface area contributed by atoms with Gasteiger partial charge in [0.15, 0.2) is 0 Å². The zero-order chi connectivity index (χ0) is 15.7. The van der Waals surface area contributed by atoms with Crippen LogP contribution in [-0.2, 0) is 20.7 Å². The van der Waals surface area contributed by atoms with Crippen LogP contribution in [0.1, 0.15) is 32.3 Å². The minimum atomic E-state index is -0.355. The lowest BCUT2D eigenvalue weighted by Gasteiger charge is -2.21. The van der Waals surface area contributed by atoms with Gasteiger partial charge in [-0.1, -0.05) is 19.1 Å². The molecule has 0 radical (unpaired) electrons. The maximum atomic E-state index is 12.2. The van der Waals surface area contributed by atoms with Crippen molar-refractivity contribution in [2.75, 3.05) is 25.4 Å². The lowest BCUT2D eigenvalue weighted by atomic mass is 10.1. The molecule has 5 nitrogen and oxygen atoms in total. The van der Waals surface area contributed by atoms with E-state index in [0.717, 1.165) is 12.0 Å². The zero-order valence-corrected chi connectivity index (χ0v) is 12.8. The van der Waals surface area contributed by atoms with Gasteiger partial charge in [-0.2, -0.15) is 0 Å². The number of carbonyl (C=O) groups excluding carboxylic acids is 2. The van der Waals surface area contributed by atoms with E-state index < -0.39 is 0 Å². The van der Waals surface area contributed by atoms with Crippen molar-refractivity contribution >= 4 is 17.6 Å². The van der Waals surface area contributed by atoms with Gasteiger partial charge in [-0.15, -0.1) is 0 Å². The number of carbonyl (C=O) groups is 2. The topological polar surface area (TPSA) is 72.6 Å².